The summed E-state index contributed by atoms with van der Waals surface area (Å²) >= 11 is 0. The van der Waals surface area contributed by atoms with Gasteiger partial charge in [-0.2, -0.15) is 0 Å². The van der Waals surface area contributed by atoms with Crippen LogP contribution in [0.1, 0.15) is 120 Å². The van der Waals surface area contributed by atoms with Crippen molar-refractivity contribution < 1.29 is 42.9 Å². The fraction of sp³-hybridized carbons (Fsp3) is 0.636. The van der Waals surface area contributed by atoms with E-state index in [0.29, 0.717) is 63.1 Å². The van der Waals surface area contributed by atoms with Gasteiger partial charge in [-0.05, 0) is 157 Å². The summed E-state index contributed by atoms with van der Waals surface area (Å²) in [6.45, 7) is 22.9. The van der Waals surface area contributed by atoms with E-state index in [9.17, 15) is 19.2 Å². The first-order valence-electron chi connectivity index (χ1n) is 19.4. The number of nitrogens with zero attached hydrogens (tertiary/aromatic N) is 2. The van der Waals surface area contributed by atoms with Crippen LogP contribution < -0.4 is 4.74 Å². The molecule has 0 saturated carbocycles. The quantitative estimate of drug-likeness (QED) is 0.121. The number of ether oxygens (including phenoxy) is 5. The largest absolute Gasteiger partial charge is 0.460 e. The van der Waals surface area contributed by atoms with Crippen molar-refractivity contribution in [2.45, 2.75) is 144 Å². The van der Waals surface area contributed by atoms with Gasteiger partial charge in [0.25, 0.3) is 0 Å². The van der Waals surface area contributed by atoms with Crippen molar-refractivity contribution >= 4 is 24.1 Å². The van der Waals surface area contributed by atoms with Gasteiger partial charge >= 0.3 is 24.1 Å². The molecule has 0 heterocycles. The third-order valence-electron chi connectivity index (χ3n) is 7.98. The third-order valence-corrected chi connectivity index (χ3v) is 7.98. The zero-order chi connectivity index (χ0) is 41.8. The Hall–Kier alpha value is -4.28. The van der Waals surface area contributed by atoms with Crippen LogP contribution in [0.2, 0.25) is 0 Å². The molecule has 0 aliphatic rings. The lowest BCUT2D eigenvalue weighted by Gasteiger charge is -2.26. The van der Waals surface area contributed by atoms with Crippen molar-refractivity contribution in [3.05, 3.63) is 59.7 Å². The molecule has 2 rings (SSSR count). The highest BCUT2D eigenvalue weighted by molar-refractivity contribution is 5.74. The molecule has 2 atom stereocenters. The third kappa shape index (κ3) is 19.7. The molecule has 2 aromatic rings. The molecule has 2 amide bonds. The number of carbonyl (C=O) groups excluding carboxylic acids is 4. The van der Waals surface area contributed by atoms with Crippen LogP contribution in [0, 0.1) is 11.8 Å². The van der Waals surface area contributed by atoms with Crippen LogP contribution in [0.15, 0.2) is 48.5 Å². The molecule has 0 aliphatic heterocycles. The second kappa shape index (κ2) is 20.1. The van der Waals surface area contributed by atoms with Crippen LogP contribution in [-0.2, 0) is 41.4 Å². The van der Waals surface area contributed by atoms with Crippen LogP contribution in [0.3, 0.4) is 0 Å². The molecule has 0 fully saturated rings. The number of hydrogen-bond acceptors (Lipinski definition) is 9. The molecule has 0 bridgehead atoms. The lowest BCUT2D eigenvalue weighted by Crippen LogP contribution is -2.35. The van der Waals surface area contributed by atoms with Crippen molar-refractivity contribution in [1.29, 1.82) is 0 Å². The normalized spacial score (nSPS) is 13.3. The van der Waals surface area contributed by atoms with Gasteiger partial charge in [0, 0.05) is 27.2 Å². The van der Waals surface area contributed by atoms with Gasteiger partial charge in [0.2, 0.25) is 0 Å². The highest BCUT2D eigenvalue weighted by Crippen LogP contribution is 2.28. The maximum Gasteiger partial charge on any atom is 0.410 e. The van der Waals surface area contributed by atoms with Crippen LogP contribution in [-0.4, -0.2) is 83.5 Å². The average molecular weight is 769 g/mol. The lowest BCUT2D eigenvalue weighted by atomic mass is 9.94. The Balaban J connectivity index is 2.18. The summed E-state index contributed by atoms with van der Waals surface area (Å²) in [7, 11) is 3.38. The van der Waals surface area contributed by atoms with E-state index in [4.69, 9.17) is 23.7 Å². The van der Waals surface area contributed by atoms with E-state index in [1.165, 1.54) is 9.80 Å². The number of rotatable bonds is 16. The standard InChI is InChI=1S/C44H68N2O9/c1-41(2,3)52-37(47)33(21-17-25-45(13)39(49)54-43(7,8)9)27-31-19-15-23-35(29-31)51-36-24-16-20-32(30-36)28-34(38(48)53-42(4,5)6)22-18-26-46(14)40(50)55-44(10,11)12/h15-16,19-20,23-24,29-30,33-34H,17-18,21-22,25-28H2,1-14H3. The fourth-order valence-electron chi connectivity index (χ4n) is 5.57. The summed E-state index contributed by atoms with van der Waals surface area (Å²) < 4.78 is 28.8. The van der Waals surface area contributed by atoms with E-state index in [2.05, 4.69) is 0 Å². The number of carbonyl (C=O) groups is 4. The molecule has 308 valence electrons. The molecule has 55 heavy (non-hydrogen) atoms. The van der Waals surface area contributed by atoms with E-state index in [0.717, 1.165) is 11.1 Å². The molecular weight excluding hydrogens is 700 g/mol. The van der Waals surface area contributed by atoms with Crippen molar-refractivity contribution in [3.63, 3.8) is 0 Å². The van der Waals surface area contributed by atoms with Gasteiger partial charge in [0.15, 0.2) is 0 Å². The Morgan fingerprint density at radius 2 is 0.855 bits per heavy atom. The number of benzene rings is 2. The molecule has 0 N–H and O–H groups in total. The first-order valence-corrected chi connectivity index (χ1v) is 19.4. The Bertz CT molecular complexity index is 1440. The zero-order valence-electron chi connectivity index (χ0n) is 36.0. The smallest absolute Gasteiger partial charge is 0.410 e. The van der Waals surface area contributed by atoms with E-state index in [1.54, 1.807) is 14.1 Å². The molecule has 0 aromatic heterocycles. The minimum absolute atomic E-state index is 0.289. The predicted octanol–water partition coefficient (Wildman–Crippen LogP) is 9.77. The molecule has 0 spiro atoms. The predicted molar refractivity (Wildman–Crippen MR) is 215 cm³/mol. The summed E-state index contributed by atoms with van der Waals surface area (Å²) in [6.07, 6.45) is 2.28. The average Bonchev–Trinajstić information content (AvgIpc) is 3.00. The zero-order valence-corrected chi connectivity index (χ0v) is 36.0. The summed E-state index contributed by atoms with van der Waals surface area (Å²) in [5.74, 6) is -0.228. The minimum Gasteiger partial charge on any atom is -0.460 e. The summed E-state index contributed by atoms with van der Waals surface area (Å²) in [5, 5.41) is 0. The summed E-state index contributed by atoms with van der Waals surface area (Å²) in [4.78, 5) is 54.7. The number of hydrogen-bond donors (Lipinski definition) is 0. The lowest BCUT2D eigenvalue weighted by molar-refractivity contribution is -0.161. The molecule has 11 heteroatoms. The second-order valence-corrected chi connectivity index (χ2v) is 18.4. The van der Waals surface area contributed by atoms with Crippen LogP contribution in [0.25, 0.3) is 0 Å². The molecular formula is C44H68N2O9. The maximum absolute atomic E-state index is 13.4. The molecule has 2 unspecified atom stereocenters. The van der Waals surface area contributed by atoms with Gasteiger partial charge in [-0.15, -0.1) is 0 Å². The van der Waals surface area contributed by atoms with E-state index in [-0.39, 0.29) is 11.9 Å². The van der Waals surface area contributed by atoms with Crippen molar-refractivity contribution in [2.75, 3.05) is 27.2 Å². The molecule has 0 saturated heterocycles. The topological polar surface area (TPSA) is 121 Å². The maximum atomic E-state index is 13.4. The summed E-state index contributed by atoms with van der Waals surface area (Å²) in [5.41, 5.74) is -0.651. The highest BCUT2D eigenvalue weighted by Gasteiger charge is 2.28. The van der Waals surface area contributed by atoms with Crippen LogP contribution in [0.4, 0.5) is 9.59 Å². The molecule has 2 aromatic carbocycles. The minimum atomic E-state index is -0.641. The highest BCUT2D eigenvalue weighted by atomic mass is 16.6. The fourth-order valence-corrected chi connectivity index (χ4v) is 5.57. The Kier molecular flexibility index (Phi) is 17.1. The molecule has 0 aliphatic carbocycles. The molecule has 11 nitrogen and oxygen atoms in total. The van der Waals surface area contributed by atoms with E-state index >= 15 is 0 Å². The van der Waals surface area contributed by atoms with Crippen LogP contribution in [0.5, 0.6) is 11.5 Å². The Morgan fingerprint density at radius 3 is 1.16 bits per heavy atom. The first-order chi connectivity index (χ1) is 25.2. The van der Waals surface area contributed by atoms with E-state index < -0.39 is 46.4 Å². The van der Waals surface area contributed by atoms with Gasteiger partial charge in [0.05, 0.1) is 11.8 Å². The van der Waals surface area contributed by atoms with E-state index in [1.807, 2.05) is 132 Å². The van der Waals surface area contributed by atoms with Gasteiger partial charge in [0.1, 0.15) is 33.9 Å². The summed E-state index contributed by atoms with van der Waals surface area (Å²) in [6, 6.07) is 15.3. The SMILES string of the molecule is CN(CCCC(Cc1cccc(Oc2cccc(CC(CCCN(C)C(=O)OC(C)(C)C)C(=O)OC(C)(C)C)c2)c1)C(=O)OC(C)(C)C)C(=O)OC(C)(C)C. The Labute approximate surface area is 330 Å². The van der Waals surface area contributed by atoms with Crippen molar-refractivity contribution in [1.82, 2.24) is 9.80 Å². The number of esters is 2. The number of amides is 2. The van der Waals surface area contributed by atoms with Crippen molar-refractivity contribution in [3.8, 4) is 11.5 Å². The monoisotopic (exact) mass is 768 g/mol. The Morgan fingerprint density at radius 1 is 0.527 bits per heavy atom. The van der Waals surface area contributed by atoms with Crippen molar-refractivity contribution in [2.24, 2.45) is 11.8 Å². The van der Waals surface area contributed by atoms with Gasteiger partial charge in [-0.1, -0.05) is 24.3 Å². The van der Waals surface area contributed by atoms with Gasteiger partial charge < -0.3 is 33.5 Å². The molecule has 0 radical (unpaired) electrons. The van der Waals surface area contributed by atoms with Crippen LogP contribution >= 0.6 is 0 Å². The first kappa shape index (κ1) is 46.9. The second-order valence-electron chi connectivity index (χ2n) is 18.4. The van der Waals surface area contributed by atoms with Gasteiger partial charge in [-0.25, -0.2) is 9.59 Å². The van der Waals surface area contributed by atoms with Gasteiger partial charge in [-0.3, -0.25) is 9.59 Å².